The summed E-state index contributed by atoms with van der Waals surface area (Å²) in [4.78, 5) is 76.4. The molecule has 10 heterocycles. The first-order valence-corrected chi connectivity index (χ1v) is 31.6. The Balaban J connectivity index is 1.14. The molecular weight excluding hydrogens is 1070 g/mol. The third-order valence-corrected chi connectivity index (χ3v) is 23.2. The van der Waals surface area contributed by atoms with Crippen molar-refractivity contribution in [2.45, 2.75) is 91.9 Å². The van der Waals surface area contributed by atoms with E-state index in [1.807, 2.05) is 36.4 Å². The number of ether oxygens (including phenoxy) is 2. The molecule has 14 heteroatoms. The van der Waals surface area contributed by atoms with E-state index in [2.05, 4.69) is 88.4 Å². The molecule has 2 aliphatic rings. The molecule has 2 aliphatic heterocycles. The molecule has 6 nitrogen and oxygen atoms in total. The normalized spacial score (nSPS) is 13.2. The second kappa shape index (κ2) is 20.6. The molecule has 0 fully saturated rings. The number of cyclic esters (lactones) is 4. The van der Waals surface area contributed by atoms with Gasteiger partial charge in [0.2, 0.25) is 0 Å². The van der Waals surface area contributed by atoms with Gasteiger partial charge in [-0.1, -0.05) is 52.4 Å². The van der Waals surface area contributed by atoms with Crippen LogP contribution in [0.3, 0.4) is 0 Å². The highest BCUT2D eigenvalue weighted by Crippen LogP contribution is 2.58. The highest BCUT2D eigenvalue weighted by molar-refractivity contribution is 7.26. The molecule has 0 bridgehead atoms. The van der Waals surface area contributed by atoms with Crippen LogP contribution < -0.4 is 0 Å². The van der Waals surface area contributed by atoms with Crippen molar-refractivity contribution in [2.24, 2.45) is 0 Å². The number of hydrogen-bond acceptors (Lipinski definition) is 14. The van der Waals surface area contributed by atoms with Crippen LogP contribution in [0.4, 0.5) is 0 Å². The topological polar surface area (TPSA) is 86.7 Å². The van der Waals surface area contributed by atoms with Crippen molar-refractivity contribution < 1.29 is 28.7 Å². The van der Waals surface area contributed by atoms with Crippen molar-refractivity contribution >= 4 is 125 Å². The Hall–Kier alpha value is -5.42. The average molecular weight is 1120 g/mol. The van der Waals surface area contributed by atoms with Gasteiger partial charge in [0.25, 0.3) is 0 Å². The monoisotopic (exact) mass is 1120 g/mol. The third-order valence-electron chi connectivity index (χ3n) is 13.7. The van der Waals surface area contributed by atoms with E-state index < -0.39 is 23.9 Å². The van der Waals surface area contributed by atoms with Crippen LogP contribution in [0.1, 0.15) is 126 Å². The number of hydrogen-bond donors (Lipinski definition) is 0. The summed E-state index contributed by atoms with van der Waals surface area (Å²) in [5, 5.41) is 0.490. The van der Waals surface area contributed by atoms with Gasteiger partial charge < -0.3 is 9.47 Å². The Kier molecular flexibility index (Phi) is 13.8. The van der Waals surface area contributed by atoms with Crippen molar-refractivity contribution in [3.63, 3.8) is 0 Å². The van der Waals surface area contributed by atoms with Gasteiger partial charge in [-0.15, -0.1) is 90.7 Å². The quantitative estimate of drug-likeness (QED) is 0.0483. The van der Waals surface area contributed by atoms with E-state index in [1.54, 1.807) is 68.0 Å². The lowest BCUT2D eigenvalue weighted by molar-refractivity contribution is 0.0367. The third kappa shape index (κ3) is 8.98. The van der Waals surface area contributed by atoms with Crippen LogP contribution in [0.15, 0.2) is 97.1 Å². The molecule has 0 aliphatic carbocycles. The summed E-state index contributed by atoms with van der Waals surface area (Å²) in [7, 11) is 0. The van der Waals surface area contributed by atoms with Gasteiger partial charge in [0.05, 0.1) is 22.3 Å². The second-order valence-electron chi connectivity index (χ2n) is 18.7. The molecule has 8 aromatic heterocycles. The van der Waals surface area contributed by atoms with Gasteiger partial charge in [0, 0.05) is 111 Å². The van der Waals surface area contributed by atoms with Crippen LogP contribution in [0.2, 0.25) is 0 Å². The van der Waals surface area contributed by atoms with Crippen molar-refractivity contribution in [3.8, 4) is 80.8 Å². The number of carbonyl (C=O) groups is 4. The fraction of sp³-hybridized carbons (Fsp3) is 0.233. The molecule has 0 atom stereocenters. The molecule has 0 saturated carbocycles. The Morgan fingerprint density at radius 1 is 0.297 bits per heavy atom. The molecule has 10 aromatic rings. The van der Waals surface area contributed by atoms with Gasteiger partial charge in [0.15, 0.2) is 0 Å². The van der Waals surface area contributed by atoms with E-state index >= 15 is 19.2 Å². The van der Waals surface area contributed by atoms with Crippen LogP contribution in [-0.4, -0.2) is 23.9 Å². The SMILES string of the molecule is CCCCCCc1ccc(-c2ccc(-c3c(-c4ccc(-c5ccc(CCCCCC)s5)s4)c4c5c(c(-c6ccc(-c7ccc(C)s7)s6)c(-c6ccc(-c7ccc(C)s7)s6)c6c5c3C(=O)OC6=O)C(=O)OC4=O)s2)s1. The summed E-state index contributed by atoms with van der Waals surface area (Å²) in [6.45, 7) is 8.60. The van der Waals surface area contributed by atoms with Crippen LogP contribution in [0.25, 0.3) is 91.6 Å². The van der Waals surface area contributed by atoms with Crippen molar-refractivity contribution in [1.82, 2.24) is 0 Å². The summed E-state index contributed by atoms with van der Waals surface area (Å²) in [6.07, 6.45) is 11.5. The summed E-state index contributed by atoms with van der Waals surface area (Å²) in [5.74, 6) is -3.30. The summed E-state index contributed by atoms with van der Waals surface area (Å²) < 4.78 is 12.0. The predicted molar refractivity (Wildman–Crippen MR) is 315 cm³/mol. The number of unbranched alkanes of at least 4 members (excludes halogenated alkanes) is 6. The lowest BCUT2D eigenvalue weighted by atomic mass is 9.77. The van der Waals surface area contributed by atoms with Gasteiger partial charge in [0.1, 0.15) is 0 Å². The highest BCUT2D eigenvalue weighted by atomic mass is 32.1. The first kappa shape index (κ1) is 49.5. The number of carbonyl (C=O) groups excluding carboxylic acids is 4. The minimum absolute atomic E-state index is 0.155. The first-order valence-electron chi connectivity index (χ1n) is 25.1. The maximum Gasteiger partial charge on any atom is 0.347 e. The molecule has 0 saturated heterocycles. The largest absolute Gasteiger partial charge is 0.386 e. The molecule has 0 amide bonds. The Morgan fingerprint density at radius 3 is 0.865 bits per heavy atom. The summed E-state index contributed by atoms with van der Waals surface area (Å²) >= 11 is 13.0. The number of rotatable bonds is 18. The maximum absolute atomic E-state index is 15.1. The number of thiophene rings is 8. The van der Waals surface area contributed by atoms with Gasteiger partial charge in [-0.25, -0.2) is 19.2 Å². The van der Waals surface area contributed by atoms with E-state index in [4.69, 9.17) is 9.47 Å². The van der Waals surface area contributed by atoms with Crippen molar-refractivity contribution in [3.05, 3.63) is 139 Å². The van der Waals surface area contributed by atoms with E-state index in [9.17, 15) is 0 Å². The van der Waals surface area contributed by atoms with Gasteiger partial charge in [-0.05, 0) is 137 Å². The maximum atomic E-state index is 15.1. The summed E-state index contributed by atoms with van der Waals surface area (Å²) in [5.41, 5.74) is 2.55. The predicted octanol–water partition coefficient (Wildman–Crippen LogP) is 20.2. The fourth-order valence-corrected chi connectivity index (χ4v) is 18.7. The molecule has 74 heavy (non-hydrogen) atoms. The van der Waals surface area contributed by atoms with E-state index in [-0.39, 0.29) is 33.0 Å². The molecule has 0 unspecified atom stereocenters. The minimum atomic E-state index is -0.826. The molecular formula is C60H48O6S8. The lowest BCUT2D eigenvalue weighted by Gasteiger charge is -2.30. The molecule has 0 spiro atoms. The van der Waals surface area contributed by atoms with Gasteiger partial charge in [-0.2, -0.15) is 0 Å². The van der Waals surface area contributed by atoms with Crippen molar-refractivity contribution in [2.75, 3.05) is 0 Å². The molecule has 0 radical (unpaired) electrons. The lowest BCUT2D eigenvalue weighted by Crippen LogP contribution is -2.28. The van der Waals surface area contributed by atoms with Crippen LogP contribution >= 0.6 is 90.7 Å². The molecule has 0 N–H and O–H groups in total. The smallest absolute Gasteiger partial charge is 0.347 e. The van der Waals surface area contributed by atoms with E-state index in [0.29, 0.717) is 22.3 Å². The fourth-order valence-electron chi connectivity index (χ4n) is 10.2. The molecule has 12 rings (SSSR count). The number of aryl methyl sites for hydroxylation is 4. The van der Waals surface area contributed by atoms with E-state index in [1.165, 1.54) is 80.7 Å². The summed E-state index contributed by atoms with van der Waals surface area (Å²) in [6, 6.07) is 33.4. The Morgan fingerprint density at radius 2 is 0.568 bits per heavy atom. The zero-order valence-corrected chi connectivity index (χ0v) is 47.6. The van der Waals surface area contributed by atoms with Gasteiger partial charge >= 0.3 is 23.9 Å². The Bertz CT molecular complexity index is 3600. The standard InChI is InChI=1S/C60H48O6S8/c1-5-7-9-11-13-33-17-21-37(69-33)41-25-29-45(73-41)49-50(46-30-26-42(74-46)38-22-18-34(70-38)14-12-10-8-6-2)56-52-51-53(57(61)65-59(63)55(49)51)47(43-27-23-39(71-43)35-19-15-31(3)67-35)48(54(52)58(62)66-60(56)64)44-28-24-40(72-44)36-20-16-32(4)68-36/h15-30H,5-14H2,1-4H3. The highest BCUT2D eigenvalue weighted by Gasteiger charge is 2.45. The first-order chi connectivity index (χ1) is 36.1. The minimum Gasteiger partial charge on any atom is -0.386 e. The van der Waals surface area contributed by atoms with E-state index in [0.717, 1.165) is 84.2 Å². The van der Waals surface area contributed by atoms with Crippen LogP contribution in [0.5, 0.6) is 0 Å². The van der Waals surface area contributed by atoms with Gasteiger partial charge in [-0.3, -0.25) is 0 Å². The van der Waals surface area contributed by atoms with Crippen molar-refractivity contribution in [1.29, 1.82) is 0 Å². The molecule has 2 aromatic carbocycles. The molecule has 372 valence electrons. The second-order valence-corrected chi connectivity index (χ2v) is 28.0. The number of benzene rings is 2. The zero-order chi connectivity index (χ0) is 50.8. The number of esters is 4. The zero-order valence-electron chi connectivity index (χ0n) is 41.0. The van der Waals surface area contributed by atoms with Crippen LogP contribution in [0, 0.1) is 13.8 Å². The average Bonchev–Trinajstić information content (AvgIpc) is 4.23. The van der Waals surface area contributed by atoms with Crippen LogP contribution in [-0.2, 0) is 22.3 Å². The Labute approximate surface area is 461 Å².